The SMILES string of the molecule is O=C1[C@@H]2[C@@H](C(=O)N1c1ccccc1O)C1c3ccccc3C2(Br)c2ccccc21. The van der Waals surface area contributed by atoms with Crippen molar-refractivity contribution in [2.45, 2.75) is 10.2 Å². The van der Waals surface area contributed by atoms with Crippen molar-refractivity contribution in [3.63, 3.8) is 0 Å². The van der Waals surface area contributed by atoms with Crippen LogP contribution in [0.4, 0.5) is 5.69 Å². The molecule has 0 spiro atoms. The number of phenols is 1. The summed E-state index contributed by atoms with van der Waals surface area (Å²) in [6.07, 6.45) is 0. The fraction of sp³-hybridized carbons (Fsp3) is 0.167. The van der Waals surface area contributed by atoms with E-state index < -0.39 is 16.2 Å². The molecule has 4 aliphatic rings. The van der Waals surface area contributed by atoms with Gasteiger partial charge in [-0.2, -0.15) is 0 Å². The van der Waals surface area contributed by atoms with Crippen LogP contribution >= 0.6 is 15.9 Å². The Labute approximate surface area is 175 Å². The van der Waals surface area contributed by atoms with Crippen LogP contribution in [-0.4, -0.2) is 16.9 Å². The van der Waals surface area contributed by atoms with E-state index in [-0.39, 0.29) is 29.2 Å². The van der Waals surface area contributed by atoms with Gasteiger partial charge in [0.25, 0.3) is 0 Å². The van der Waals surface area contributed by atoms with E-state index in [0.29, 0.717) is 0 Å². The summed E-state index contributed by atoms with van der Waals surface area (Å²) in [6, 6.07) is 22.6. The van der Waals surface area contributed by atoms with E-state index in [1.807, 2.05) is 36.4 Å². The molecule has 7 rings (SSSR count). The van der Waals surface area contributed by atoms with Gasteiger partial charge in [0.1, 0.15) is 5.75 Å². The van der Waals surface area contributed by atoms with Gasteiger partial charge in [-0.3, -0.25) is 9.59 Å². The topological polar surface area (TPSA) is 57.6 Å². The van der Waals surface area contributed by atoms with Gasteiger partial charge in [0.05, 0.1) is 21.8 Å². The van der Waals surface area contributed by atoms with Gasteiger partial charge in [-0.15, -0.1) is 0 Å². The predicted molar refractivity (Wildman–Crippen MR) is 112 cm³/mol. The summed E-state index contributed by atoms with van der Waals surface area (Å²) in [5.74, 6) is -1.85. The fourth-order valence-corrected chi connectivity index (χ4v) is 6.77. The van der Waals surface area contributed by atoms with Gasteiger partial charge in [-0.25, -0.2) is 4.90 Å². The minimum Gasteiger partial charge on any atom is -0.506 e. The number of nitrogens with zero attached hydrogens (tertiary/aromatic N) is 1. The Bertz CT molecular complexity index is 1170. The number of hydrogen-bond donors (Lipinski definition) is 1. The molecule has 1 heterocycles. The first-order valence-electron chi connectivity index (χ1n) is 9.58. The number of hydrogen-bond acceptors (Lipinski definition) is 3. The van der Waals surface area contributed by atoms with E-state index in [0.717, 1.165) is 22.3 Å². The normalized spacial score (nSPS) is 28.9. The van der Waals surface area contributed by atoms with Gasteiger partial charge < -0.3 is 5.11 Å². The lowest BCUT2D eigenvalue weighted by atomic mass is 9.55. The molecule has 1 saturated heterocycles. The van der Waals surface area contributed by atoms with Crippen LogP contribution in [0, 0.1) is 11.8 Å². The molecular weight excluding hydrogens is 430 g/mol. The third kappa shape index (κ3) is 1.89. The highest BCUT2D eigenvalue weighted by Crippen LogP contribution is 2.66. The number of anilines is 1. The summed E-state index contributed by atoms with van der Waals surface area (Å²) in [5.41, 5.74) is 4.52. The Balaban J connectivity index is 1.64. The van der Waals surface area contributed by atoms with E-state index in [2.05, 4.69) is 28.1 Å². The first-order valence-corrected chi connectivity index (χ1v) is 10.4. The Hall–Kier alpha value is -2.92. The molecule has 0 radical (unpaired) electrons. The van der Waals surface area contributed by atoms with Crippen LogP contribution in [-0.2, 0) is 13.9 Å². The highest BCUT2D eigenvalue weighted by atomic mass is 79.9. The lowest BCUT2D eigenvalue weighted by Gasteiger charge is -2.51. The zero-order chi connectivity index (χ0) is 19.9. The number of alkyl halides is 1. The van der Waals surface area contributed by atoms with Crippen molar-refractivity contribution in [2.24, 2.45) is 11.8 Å². The second kappa shape index (κ2) is 5.57. The van der Waals surface area contributed by atoms with Crippen molar-refractivity contribution in [3.05, 3.63) is 95.1 Å². The lowest BCUT2D eigenvalue weighted by Crippen LogP contribution is -2.50. The quantitative estimate of drug-likeness (QED) is 0.448. The van der Waals surface area contributed by atoms with Crippen LogP contribution in [0.5, 0.6) is 5.75 Å². The molecule has 1 N–H and O–H groups in total. The second-order valence-electron chi connectivity index (χ2n) is 7.87. The molecule has 142 valence electrons. The summed E-state index contributed by atoms with van der Waals surface area (Å²) >= 11 is 3.96. The molecule has 2 atom stereocenters. The smallest absolute Gasteiger partial charge is 0.239 e. The molecule has 5 heteroatoms. The molecule has 1 fully saturated rings. The van der Waals surface area contributed by atoms with Crippen LogP contribution in [0.25, 0.3) is 0 Å². The molecule has 0 aromatic heterocycles. The summed E-state index contributed by atoms with van der Waals surface area (Å²) in [5, 5.41) is 10.3. The van der Waals surface area contributed by atoms with Crippen molar-refractivity contribution in [1.82, 2.24) is 0 Å². The average Bonchev–Trinajstić information content (AvgIpc) is 3.01. The summed E-state index contributed by atoms with van der Waals surface area (Å²) < 4.78 is -0.772. The number of amides is 2. The average molecular weight is 446 g/mol. The van der Waals surface area contributed by atoms with Gasteiger partial charge in [-0.05, 0) is 34.4 Å². The molecular formula is C24H16BrNO3. The van der Waals surface area contributed by atoms with Crippen LogP contribution in [0.1, 0.15) is 28.2 Å². The standard InChI is InChI=1S/C24H16BrNO3/c25-24-15-9-3-1-7-13(15)19(14-8-2-4-10-16(14)24)20-21(24)23(29)26(22(20)28)17-11-5-6-12-18(17)27/h1-12,19-21,27H/t19?,20-,21-,24?/m0/s1. The lowest BCUT2D eigenvalue weighted by molar-refractivity contribution is -0.122. The molecule has 4 nitrogen and oxygen atoms in total. The van der Waals surface area contributed by atoms with E-state index in [1.165, 1.54) is 11.0 Å². The largest absolute Gasteiger partial charge is 0.506 e. The molecule has 29 heavy (non-hydrogen) atoms. The molecule has 2 bridgehead atoms. The van der Waals surface area contributed by atoms with Crippen molar-refractivity contribution in [2.75, 3.05) is 4.90 Å². The Kier molecular flexibility index (Phi) is 3.26. The second-order valence-corrected chi connectivity index (χ2v) is 9.12. The number of phenolic OH excluding ortho intramolecular Hbond substituents is 1. The molecule has 3 aromatic rings. The molecule has 2 amide bonds. The zero-order valence-electron chi connectivity index (χ0n) is 15.2. The van der Waals surface area contributed by atoms with Crippen molar-refractivity contribution < 1.29 is 14.7 Å². The van der Waals surface area contributed by atoms with Crippen molar-refractivity contribution >= 4 is 33.4 Å². The van der Waals surface area contributed by atoms with E-state index in [1.54, 1.807) is 18.2 Å². The maximum absolute atomic E-state index is 13.7. The highest BCUT2D eigenvalue weighted by molar-refractivity contribution is 9.09. The molecule has 0 saturated carbocycles. The number of carbonyl (C=O) groups excluding carboxylic acids is 2. The van der Waals surface area contributed by atoms with Crippen LogP contribution in [0.15, 0.2) is 72.8 Å². The molecule has 0 unspecified atom stereocenters. The Morgan fingerprint density at radius 3 is 1.97 bits per heavy atom. The molecule has 3 aliphatic carbocycles. The van der Waals surface area contributed by atoms with Gasteiger partial charge in [0, 0.05) is 5.92 Å². The molecule has 3 aromatic carbocycles. The fourth-order valence-electron chi connectivity index (χ4n) is 5.57. The monoisotopic (exact) mass is 445 g/mol. The van der Waals surface area contributed by atoms with Gasteiger partial charge in [-0.1, -0.05) is 76.6 Å². The zero-order valence-corrected chi connectivity index (χ0v) is 16.8. The third-order valence-corrected chi connectivity index (χ3v) is 7.98. The van der Waals surface area contributed by atoms with Crippen molar-refractivity contribution in [1.29, 1.82) is 0 Å². The predicted octanol–water partition coefficient (Wildman–Crippen LogP) is 4.30. The molecule has 1 aliphatic heterocycles. The van der Waals surface area contributed by atoms with Gasteiger partial charge in [0.2, 0.25) is 11.8 Å². The van der Waals surface area contributed by atoms with E-state index in [9.17, 15) is 14.7 Å². The Morgan fingerprint density at radius 2 is 1.34 bits per heavy atom. The summed E-state index contributed by atoms with van der Waals surface area (Å²) in [6.45, 7) is 0. The summed E-state index contributed by atoms with van der Waals surface area (Å²) in [7, 11) is 0. The van der Waals surface area contributed by atoms with Crippen LogP contribution in [0.3, 0.4) is 0 Å². The number of carbonyl (C=O) groups is 2. The maximum atomic E-state index is 13.7. The number of para-hydroxylation sites is 2. The number of rotatable bonds is 1. The van der Waals surface area contributed by atoms with Gasteiger partial charge >= 0.3 is 0 Å². The number of imide groups is 1. The summed E-state index contributed by atoms with van der Waals surface area (Å²) in [4.78, 5) is 28.5. The van der Waals surface area contributed by atoms with Crippen LogP contribution < -0.4 is 4.90 Å². The number of benzene rings is 3. The minimum atomic E-state index is -0.772. The number of halogens is 1. The Morgan fingerprint density at radius 1 is 0.793 bits per heavy atom. The first-order chi connectivity index (χ1) is 14.0. The minimum absolute atomic E-state index is 0.0705. The third-order valence-electron chi connectivity index (χ3n) is 6.64. The van der Waals surface area contributed by atoms with Crippen LogP contribution in [0.2, 0.25) is 0 Å². The number of aromatic hydroxyl groups is 1. The van der Waals surface area contributed by atoms with E-state index >= 15 is 0 Å². The van der Waals surface area contributed by atoms with E-state index in [4.69, 9.17) is 0 Å². The maximum Gasteiger partial charge on any atom is 0.239 e. The van der Waals surface area contributed by atoms with Gasteiger partial charge in [0.15, 0.2) is 0 Å². The van der Waals surface area contributed by atoms with Crippen molar-refractivity contribution in [3.8, 4) is 5.75 Å². The highest BCUT2D eigenvalue weighted by Gasteiger charge is 2.67. The first kappa shape index (κ1) is 17.0.